The van der Waals surface area contributed by atoms with E-state index in [0.29, 0.717) is 22.5 Å². The van der Waals surface area contributed by atoms with E-state index < -0.39 is 5.82 Å². The van der Waals surface area contributed by atoms with Gasteiger partial charge in [-0.1, -0.05) is 0 Å². The van der Waals surface area contributed by atoms with Crippen LogP contribution in [-0.2, 0) is 0 Å². The van der Waals surface area contributed by atoms with Gasteiger partial charge in [-0.05, 0) is 19.1 Å². The van der Waals surface area contributed by atoms with E-state index >= 15 is 0 Å². The van der Waals surface area contributed by atoms with Crippen LogP contribution in [0.25, 0.3) is 16.8 Å². The largest absolute Gasteiger partial charge is 0.281 e. The van der Waals surface area contributed by atoms with E-state index in [1.54, 1.807) is 6.92 Å². The van der Waals surface area contributed by atoms with Crippen molar-refractivity contribution in [2.75, 3.05) is 0 Å². The Morgan fingerprint density at radius 2 is 2.25 bits per heavy atom. The second-order valence-electron chi connectivity index (χ2n) is 3.52. The molecule has 0 fully saturated rings. The molecule has 6 heteroatoms. The number of hydrogen-bond donors (Lipinski definition) is 1. The van der Waals surface area contributed by atoms with Gasteiger partial charge in [0.2, 0.25) is 5.78 Å². The van der Waals surface area contributed by atoms with E-state index in [0.717, 1.165) is 0 Å². The molecule has 0 spiro atoms. The number of aromatic amines is 1. The van der Waals surface area contributed by atoms with Crippen molar-refractivity contribution in [2.24, 2.45) is 0 Å². The molecule has 1 N–H and O–H groups in total. The minimum Gasteiger partial charge on any atom is -0.267 e. The van der Waals surface area contributed by atoms with E-state index in [9.17, 15) is 9.18 Å². The molecule has 0 bridgehead atoms. The molecule has 16 heavy (non-hydrogen) atoms. The zero-order valence-corrected chi connectivity index (χ0v) is 8.36. The molecule has 2 heterocycles. The van der Waals surface area contributed by atoms with Crippen LogP contribution in [0.1, 0.15) is 5.69 Å². The summed E-state index contributed by atoms with van der Waals surface area (Å²) in [6, 6.07) is 4.11. The van der Waals surface area contributed by atoms with Gasteiger partial charge in [0.25, 0.3) is 5.56 Å². The van der Waals surface area contributed by atoms with Gasteiger partial charge in [-0.25, -0.2) is 18.9 Å². The van der Waals surface area contributed by atoms with Crippen molar-refractivity contribution < 1.29 is 4.39 Å². The molecule has 0 aliphatic rings. The van der Waals surface area contributed by atoms with Crippen molar-refractivity contribution in [1.29, 1.82) is 0 Å². The van der Waals surface area contributed by atoms with Crippen molar-refractivity contribution in [3.63, 3.8) is 0 Å². The molecule has 0 radical (unpaired) electrons. The number of aromatic nitrogens is 4. The number of nitrogens with one attached hydrogen (secondary N) is 1. The zero-order chi connectivity index (χ0) is 11.3. The number of hydrogen-bond acceptors (Lipinski definition) is 3. The Morgan fingerprint density at radius 1 is 1.44 bits per heavy atom. The van der Waals surface area contributed by atoms with Gasteiger partial charge in [0.05, 0.1) is 11.0 Å². The third-order valence-corrected chi connectivity index (χ3v) is 2.45. The minimum absolute atomic E-state index is 0.290. The highest BCUT2D eigenvalue weighted by Gasteiger charge is 2.09. The third-order valence-electron chi connectivity index (χ3n) is 2.45. The molecule has 5 nitrogen and oxygen atoms in total. The number of aryl methyl sites for hydroxylation is 1. The third kappa shape index (κ3) is 1.06. The number of halogens is 1. The van der Waals surface area contributed by atoms with Crippen LogP contribution in [0.2, 0.25) is 0 Å². The standard InChI is InChI=1S/C10H7FN4O/c1-5-9(16)15-8-4-6(11)2-3-7(8)12-10(15)14-13-5/h2-4H,1H3,(H,12,14). The van der Waals surface area contributed by atoms with Crippen molar-refractivity contribution in [3.8, 4) is 0 Å². The molecular weight excluding hydrogens is 211 g/mol. The summed E-state index contributed by atoms with van der Waals surface area (Å²) >= 11 is 0. The highest BCUT2D eigenvalue weighted by atomic mass is 19.1. The normalized spacial score (nSPS) is 11.4. The van der Waals surface area contributed by atoms with Crippen molar-refractivity contribution >= 4 is 16.8 Å². The molecular formula is C10H7FN4O. The van der Waals surface area contributed by atoms with Crippen LogP contribution in [0.5, 0.6) is 0 Å². The molecule has 3 aromatic rings. The van der Waals surface area contributed by atoms with E-state index in [4.69, 9.17) is 0 Å². The lowest BCUT2D eigenvalue weighted by Gasteiger charge is -1.95. The van der Waals surface area contributed by atoms with Crippen LogP contribution >= 0.6 is 0 Å². The van der Waals surface area contributed by atoms with Crippen molar-refractivity contribution in [1.82, 2.24) is 19.6 Å². The number of fused-ring (bicyclic) bond motifs is 3. The summed E-state index contributed by atoms with van der Waals surface area (Å²) in [7, 11) is 0. The average molecular weight is 218 g/mol. The Labute approximate surface area is 88.6 Å². The smallest absolute Gasteiger partial charge is 0.267 e. The predicted molar refractivity (Wildman–Crippen MR) is 55.8 cm³/mol. The first-order valence-electron chi connectivity index (χ1n) is 4.70. The van der Waals surface area contributed by atoms with Crippen LogP contribution < -0.4 is 5.56 Å². The fourth-order valence-electron chi connectivity index (χ4n) is 1.67. The summed E-state index contributed by atoms with van der Waals surface area (Å²) in [6.45, 7) is 1.59. The Bertz CT molecular complexity index is 758. The summed E-state index contributed by atoms with van der Waals surface area (Å²) in [5.41, 5.74) is 1.03. The molecule has 1 aromatic carbocycles. The zero-order valence-electron chi connectivity index (χ0n) is 8.36. The summed E-state index contributed by atoms with van der Waals surface area (Å²) in [6.07, 6.45) is 0. The van der Waals surface area contributed by atoms with Crippen LogP contribution in [0.15, 0.2) is 23.0 Å². The summed E-state index contributed by atoms with van der Waals surface area (Å²) in [4.78, 5) is 16.0. The van der Waals surface area contributed by atoms with Gasteiger partial charge < -0.3 is 0 Å². The lowest BCUT2D eigenvalue weighted by atomic mass is 10.3. The lowest BCUT2D eigenvalue weighted by Crippen LogP contribution is -2.18. The first-order valence-corrected chi connectivity index (χ1v) is 4.70. The van der Waals surface area contributed by atoms with Gasteiger partial charge >= 0.3 is 0 Å². The van der Waals surface area contributed by atoms with Gasteiger partial charge in [0, 0.05) is 6.07 Å². The molecule has 0 amide bonds. The molecule has 2 aromatic heterocycles. The van der Waals surface area contributed by atoms with Gasteiger partial charge in [-0.15, -0.1) is 0 Å². The Kier molecular flexibility index (Phi) is 1.62. The van der Waals surface area contributed by atoms with Gasteiger partial charge in [-0.3, -0.25) is 4.79 Å². The molecule has 3 rings (SSSR count). The molecule has 0 aliphatic carbocycles. The Morgan fingerprint density at radius 3 is 3.06 bits per heavy atom. The minimum atomic E-state index is -0.400. The SMILES string of the molecule is Cc1n[nH]c2nc3ccc(F)cc3n2c1=O. The van der Waals surface area contributed by atoms with Crippen molar-refractivity contribution in [2.45, 2.75) is 6.92 Å². The monoisotopic (exact) mass is 218 g/mol. The lowest BCUT2D eigenvalue weighted by molar-refractivity contribution is 0.629. The first kappa shape index (κ1) is 9.02. The Balaban J connectivity index is 2.65. The molecule has 80 valence electrons. The summed E-state index contributed by atoms with van der Waals surface area (Å²) in [5.74, 6) is -0.0839. The topological polar surface area (TPSA) is 63.1 Å². The van der Waals surface area contributed by atoms with Crippen LogP contribution in [0.3, 0.4) is 0 Å². The van der Waals surface area contributed by atoms with E-state index in [-0.39, 0.29) is 5.56 Å². The quantitative estimate of drug-likeness (QED) is 0.612. The number of imidazole rings is 1. The predicted octanol–water partition coefficient (Wildman–Crippen LogP) is 1.02. The summed E-state index contributed by atoms with van der Waals surface area (Å²) < 4.78 is 14.4. The maximum Gasteiger partial charge on any atom is 0.281 e. The van der Waals surface area contributed by atoms with Crippen LogP contribution in [0, 0.1) is 12.7 Å². The van der Waals surface area contributed by atoms with Gasteiger partial charge in [0.15, 0.2) is 0 Å². The second kappa shape index (κ2) is 2.88. The number of rotatable bonds is 0. The highest BCUT2D eigenvalue weighted by Crippen LogP contribution is 2.14. The fraction of sp³-hybridized carbons (Fsp3) is 0.100. The van der Waals surface area contributed by atoms with E-state index in [2.05, 4.69) is 15.2 Å². The number of H-pyrrole nitrogens is 1. The molecule has 0 saturated carbocycles. The van der Waals surface area contributed by atoms with E-state index in [1.807, 2.05) is 0 Å². The fourth-order valence-corrected chi connectivity index (χ4v) is 1.67. The highest BCUT2D eigenvalue weighted by molar-refractivity contribution is 5.79. The first-order chi connectivity index (χ1) is 7.66. The van der Waals surface area contributed by atoms with Gasteiger partial charge in [-0.2, -0.15) is 5.10 Å². The molecule has 0 saturated heterocycles. The average Bonchev–Trinajstić information content (AvgIpc) is 2.62. The van der Waals surface area contributed by atoms with E-state index in [1.165, 1.54) is 22.6 Å². The maximum atomic E-state index is 13.1. The second-order valence-corrected chi connectivity index (χ2v) is 3.52. The maximum absolute atomic E-state index is 13.1. The number of nitrogens with zero attached hydrogens (tertiary/aromatic N) is 3. The molecule has 0 unspecified atom stereocenters. The summed E-state index contributed by atoms with van der Waals surface area (Å²) in [5, 5.41) is 6.46. The molecule has 0 aliphatic heterocycles. The Hall–Kier alpha value is -2.24. The number of benzene rings is 1. The van der Waals surface area contributed by atoms with Crippen LogP contribution in [-0.4, -0.2) is 19.6 Å². The van der Waals surface area contributed by atoms with Crippen LogP contribution in [0.4, 0.5) is 4.39 Å². The van der Waals surface area contributed by atoms with Gasteiger partial charge in [0.1, 0.15) is 11.5 Å². The molecule has 0 atom stereocenters. The van der Waals surface area contributed by atoms with Crippen molar-refractivity contribution in [3.05, 3.63) is 40.1 Å².